The van der Waals surface area contributed by atoms with Crippen LogP contribution < -0.4 is 20.2 Å². The smallest absolute Gasteiger partial charge is 0.369 e. The maximum Gasteiger partial charge on any atom is 0.597 e. The number of nitrogens with one attached hydrogen (secondary N) is 2. The Morgan fingerprint density at radius 1 is 1.29 bits per heavy atom. The van der Waals surface area contributed by atoms with Crippen molar-refractivity contribution in [2.24, 2.45) is 0 Å². The Labute approximate surface area is 183 Å². The van der Waals surface area contributed by atoms with Crippen LogP contribution in [0.2, 0.25) is 5.02 Å². The average molecular weight is 459 g/mol. The molecule has 0 fully saturated rings. The number of nitrogens with zero attached hydrogens (tertiary/aromatic N) is 1. The van der Waals surface area contributed by atoms with E-state index >= 15 is 0 Å². The standard InChI is InChI=1S/C20H12ClN3O6S/c1-2-17(25)22-12-4-5-13-10(7-12)8-16(31-30-29-26)18-19(13)28-20-24(23-18)14-9-11(21)3-6-15(14)27-20/h2-9,23H,1H2,(H-,22,25,26)/p+1. The number of benzene rings is 3. The molecule has 0 saturated carbocycles. The summed E-state index contributed by atoms with van der Waals surface area (Å²) in [4.78, 5) is 12.2. The highest BCUT2D eigenvalue weighted by atomic mass is 35.5. The highest BCUT2D eigenvalue weighted by molar-refractivity contribution is 7.94. The molecule has 1 aliphatic heterocycles. The van der Waals surface area contributed by atoms with Crippen molar-refractivity contribution in [1.29, 1.82) is 0 Å². The zero-order valence-corrected chi connectivity index (χ0v) is 17.1. The van der Waals surface area contributed by atoms with E-state index in [1.54, 1.807) is 41.1 Å². The zero-order valence-electron chi connectivity index (χ0n) is 15.5. The molecule has 3 aromatic carbocycles. The number of anilines is 2. The number of carbonyl (C=O) groups is 1. The van der Waals surface area contributed by atoms with Crippen LogP contribution >= 0.6 is 23.6 Å². The van der Waals surface area contributed by atoms with Crippen LogP contribution in [0.5, 0.6) is 11.8 Å². The van der Waals surface area contributed by atoms with Crippen molar-refractivity contribution in [2.75, 3.05) is 10.7 Å². The van der Waals surface area contributed by atoms with Crippen molar-refractivity contribution >= 4 is 62.8 Å². The number of amides is 1. The van der Waals surface area contributed by atoms with Gasteiger partial charge in [0.05, 0.1) is 16.9 Å². The van der Waals surface area contributed by atoms with E-state index in [0.29, 0.717) is 38.1 Å². The van der Waals surface area contributed by atoms with Gasteiger partial charge in [0.1, 0.15) is 0 Å². The predicted octanol–water partition coefficient (Wildman–Crippen LogP) is 5.06. The first-order valence-corrected chi connectivity index (χ1v) is 9.97. The van der Waals surface area contributed by atoms with E-state index < -0.39 is 0 Å². The van der Waals surface area contributed by atoms with Crippen LogP contribution in [0.25, 0.3) is 21.9 Å². The molecule has 156 valence electrons. The first-order valence-electron chi connectivity index (χ1n) is 8.85. The molecule has 0 unspecified atom stereocenters. The maximum absolute atomic E-state index is 11.6. The first-order chi connectivity index (χ1) is 15.1. The van der Waals surface area contributed by atoms with Gasteiger partial charge < -0.3 is 14.5 Å². The summed E-state index contributed by atoms with van der Waals surface area (Å²) in [5.74, 6) is 0.136. The lowest BCUT2D eigenvalue weighted by atomic mass is 10.1. The van der Waals surface area contributed by atoms with Gasteiger partial charge >= 0.3 is 6.08 Å². The topological polar surface area (TPSA) is 106 Å². The van der Waals surface area contributed by atoms with Crippen LogP contribution in [0.4, 0.5) is 11.4 Å². The minimum atomic E-state index is -0.330. The molecular formula is C20H13ClN3O6S+. The lowest BCUT2D eigenvalue weighted by molar-refractivity contribution is -0.630. The summed E-state index contributed by atoms with van der Waals surface area (Å²) in [6.07, 6.45) is 1.39. The van der Waals surface area contributed by atoms with Crippen molar-refractivity contribution in [3.05, 3.63) is 60.1 Å². The Bertz CT molecular complexity index is 1370. The summed E-state index contributed by atoms with van der Waals surface area (Å²) >= 11 is 6.90. The second kappa shape index (κ2) is 7.76. The van der Waals surface area contributed by atoms with Gasteiger partial charge in [-0.3, -0.25) is 4.79 Å². The number of ether oxygens (including phenoxy) is 1. The van der Waals surface area contributed by atoms with Crippen LogP contribution in [-0.4, -0.2) is 11.2 Å². The summed E-state index contributed by atoms with van der Waals surface area (Å²) in [5, 5.41) is 17.1. The van der Waals surface area contributed by atoms with E-state index in [1.807, 2.05) is 6.07 Å². The minimum Gasteiger partial charge on any atom is -0.369 e. The Kier molecular flexibility index (Phi) is 4.93. The van der Waals surface area contributed by atoms with Crippen molar-refractivity contribution in [2.45, 2.75) is 4.90 Å². The third-order valence-corrected chi connectivity index (χ3v) is 5.48. The van der Waals surface area contributed by atoms with Crippen molar-refractivity contribution in [3.63, 3.8) is 0 Å². The van der Waals surface area contributed by atoms with Gasteiger partial charge in [-0.05, 0) is 47.9 Å². The van der Waals surface area contributed by atoms with Gasteiger partial charge in [0.25, 0.3) is 5.52 Å². The number of aromatic nitrogens is 1. The molecule has 2 heterocycles. The Hall–Kier alpha value is -3.28. The number of hydrogen-bond donors (Lipinski definition) is 3. The van der Waals surface area contributed by atoms with Gasteiger partial charge in [-0.15, -0.1) is 9.76 Å². The van der Waals surface area contributed by atoms with Gasteiger partial charge in [0.15, 0.2) is 11.4 Å². The number of oxazole rings is 1. The third kappa shape index (κ3) is 3.46. The quantitative estimate of drug-likeness (QED) is 0.110. The fraction of sp³-hybridized carbons (Fsp3) is 0. The normalized spacial score (nSPS) is 12.1. The van der Waals surface area contributed by atoms with E-state index in [0.717, 1.165) is 22.8 Å². The molecule has 9 nitrogen and oxygen atoms in total. The molecule has 0 atom stereocenters. The monoisotopic (exact) mass is 458 g/mol. The maximum atomic E-state index is 11.6. The molecule has 1 aromatic heterocycles. The Morgan fingerprint density at radius 3 is 2.97 bits per heavy atom. The van der Waals surface area contributed by atoms with E-state index in [-0.39, 0.29) is 12.0 Å². The Morgan fingerprint density at radius 2 is 2.16 bits per heavy atom. The number of hydrogen-bond acceptors (Lipinski definition) is 8. The Balaban J connectivity index is 1.66. The molecule has 0 aliphatic carbocycles. The predicted molar refractivity (Wildman–Crippen MR) is 114 cm³/mol. The zero-order chi connectivity index (χ0) is 21.5. The fourth-order valence-corrected chi connectivity index (χ4v) is 3.98. The van der Waals surface area contributed by atoms with Gasteiger partial charge in [0, 0.05) is 26.8 Å². The van der Waals surface area contributed by atoms with Gasteiger partial charge in [-0.1, -0.05) is 23.2 Å². The molecular weight excluding hydrogens is 446 g/mol. The molecule has 0 saturated heterocycles. The molecule has 1 amide bonds. The first kappa shape index (κ1) is 19.7. The number of rotatable bonds is 5. The third-order valence-electron chi connectivity index (χ3n) is 4.62. The van der Waals surface area contributed by atoms with Gasteiger partial charge in [0.2, 0.25) is 11.5 Å². The molecule has 1 aliphatic rings. The molecule has 3 N–H and O–H groups in total. The van der Waals surface area contributed by atoms with E-state index in [2.05, 4.69) is 26.7 Å². The molecule has 4 aromatic rings. The van der Waals surface area contributed by atoms with Gasteiger partial charge in [-0.2, -0.15) is 0 Å². The molecule has 11 heteroatoms. The number of halogens is 1. The van der Waals surface area contributed by atoms with Crippen molar-refractivity contribution < 1.29 is 33.3 Å². The molecule has 0 bridgehead atoms. The van der Waals surface area contributed by atoms with Gasteiger partial charge in [-0.25, -0.2) is 5.26 Å². The summed E-state index contributed by atoms with van der Waals surface area (Å²) in [6, 6.07) is 12.3. The van der Waals surface area contributed by atoms with Crippen LogP contribution in [0, 0.1) is 0 Å². The highest BCUT2D eigenvalue weighted by Crippen LogP contribution is 2.46. The SMILES string of the molecule is C=CC(=O)Nc1ccc2c3c(c(SOOO)cc2c1)N[n+]1c(oc2ccc(Cl)cc21)O3. The highest BCUT2D eigenvalue weighted by Gasteiger charge is 2.35. The number of carbonyl (C=O) groups excluding carboxylic acids is 1. The summed E-state index contributed by atoms with van der Waals surface area (Å²) < 4.78 is 18.2. The minimum absolute atomic E-state index is 0.205. The lowest BCUT2D eigenvalue weighted by Gasteiger charge is -2.17. The fourth-order valence-electron chi connectivity index (χ4n) is 3.31. The second-order valence-corrected chi connectivity index (χ2v) is 7.64. The number of fused-ring (bicyclic) bond motifs is 6. The largest absolute Gasteiger partial charge is 0.597 e. The van der Waals surface area contributed by atoms with Crippen LogP contribution in [-0.2, 0) is 14.2 Å². The summed E-state index contributed by atoms with van der Waals surface area (Å²) in [7, 11) is 0. The molecule has 0 spiro atoms. The van der Waals surface area contributed by atoms with E-state index in [1.165, 1.54) is 6.08 Å². The van der Waals surface area contributed by atoms with Crippen molar-refractivity contribution in [3.8, 4) is 11.8 Å². The van der Waals surface area contributed by atoms with Crippen LogP contribution in [0.3, 0.4) is 0 Å². The van der Waals surface area contributed by atoms with Crippen LogP contribution in [0.1, 0.15) is 0 Å². The summed E-state index contributed by atoms with van der Waals surface area (Å²) in [5.41, 5.74) is 5.61. The average Bonchev–Trinajstić information content (AvgIpc) is 3.12. The van der Waals surface area contributed by atoms with E-state index in [4.69, 9.17) is 26.0 Å². The van der Waals surface area contributed by atoms with Crippen LogP contribution in [0.15, 0.2) is 64.4 Å². The summed E-state index contributed by atoms with van der Waals surface area (Å²) in [6.45, 7) is 3.45. The molecule has 0 radical (unpaired) electrons. The molecule has 5 rings (SSSR count). The lowest BCUT2D eigenvalue weighted by Crippen LogP contribution is -2.44. The second-order valence-electron chi connectivity index (χ2n) is 6.46. The van der Waals surface area contributed by atoms with E-state index in [9.17, 15) is 4.79 Å². The molecule has 31 heavy (non-hydrogen) atoms. The van der Waals surface area contributed by atoms with Crippen molar-refractivity contribution in [1.82, 2.24) is 0 Å².